The Labute approximate surface area is 105 Å². The predicted octanol–water partition coefficient (Wildman–Crippen LogP) is 2.81. The first kappa shape index (κ1) is 12.0. The molecule has 0 radical (unpaired) electrons. The molecule has 0 aliphatic rings. The fourth-order valence-corrected chi connectivity index (χ4v) is 1.63. The first-order chi connectivity index (χ1) is 8.66. The van der Waals surface area contributed by atoms with E-state index in [0.29, 0.717) is 12.4 Å². The summed E-state index contributed by atoms with van der Waals surface area (Å²) in [5.41, 5.74) is 1.10. The van der Waals surface area contributed by atoms with Crippen LogP contribution in [0.15, 0.2) is 42.6 Å². The summed E-state index contributed by atoms with van der Waals surface area (Å²) in [5, 5.41) is 10.6. The van der Waals surface area contributed by atoms with Crippen molar-refractivity contribution in [3.8, 4) is 0 Å². The molecular formula is C13H13N3O2. The van der Waals surface area contributed by atoms with Gasteiger partial charge in [0.25, 0.3) is 0 Å². The number of nitrogens with zero attached hydrogens (tertiary/aromatic N) is 3. The standard InChI is InChI=1S/C13H13N3O2/c1-11-14-13(16(17)18)10-15(11)9-5-8-12-6-3-2-4-7-12/h2-8,10H,9H2,1H3/b8-5+. The number of allylic oxidation sites excluding steroid dienone is 1. The molecule has 0 bridgehead atoms. The second-order valence-corrected chi connectivity index (χ2v) is 3.87. The summed E-state index contributed by atoms with van der Waals surface area (Å²) in [6.07, 6.45) is 5.38. The van der Waals surface area contributed by atoms with Crippen LogP contribution in [-0.4, -0.2) is 14.5 Å². The lowest BCUT2D eigenvalue weighted by atomic mass is 10.2. The summed E-state index contributed by atoms with van der Waals surface area (Å²) in [6, 6.07) is 9.89. The molecule has 0 aliphatic carbocycles. The fraction of sp³-hybridized carbons (Fsp3) is 0.154. The van der Waals surface area contributed by atoms with Gasteiger partial charge in [0.1, 0.15) is 6.20 Å². The third kappa shape index (κ3) is 2.82. The van der Waals surface area contributed by atoms with Crippen LogP contribution in [0.3, 0.4) is 0 Å². The smallest absolute Gasteiger partial charge is 0.358 e. The van der Waals surface area contributed by atoms with E-state index in [1.165, 1.54) is 6.20 Å². The molecule has 0 saturated heterocycles. The molecule has 0 fully saturated rings. The van der Waals surface area contributed by atoms with Gasteiger partial charge in [-0.25, -0.2) is 0 Å². The highest BCUT2D eigenvalue weighted by molar-refractivity contribution is 5.48. The van der Waals surface area contributed by atoms with Gasteiger partial charge in [0.15, 0.2) is 0 Å². The number of nitro groups is 1. The van der Waals surface area contributed by atoms with Gasteiger partial charge in [0.05, 0.1) is 0 Å². The molecule has 0 unspecified atom stereocenters. The number of imidazole rings is 1. The Balaban J connectivity index is 2.06. The van der Waals surface area contributed by atoms with Crippen LogP contribution in [0.1, 0.15) is 11.4 Å². The monoisotopic (exact) mass is 243 g/mol. The molecule has 0 amide bonds. The highest BCUT2D eigenvalue weighted by Crippen LogP contribution is 2.10. The van der Waals surface area contributed by atoms with Crippen LogP contribution in [-0.2, 0) is 6.54 Å². The van der Waals surface area contributed by atoms with E-state index in [1.807, 2.05) is 42.5 Å². The number of hydrogen-bond acceptors (Lipinski definition) is 3. The maximum absolute atomic E-state index is 10.6. The van der Waals surface area contributed by atoms with Gasteiger partial charge < -0.3 is 14.7 Å². The van der Waals surface area contributed by atoms with E-state index in [1.54, 1.807) is 11.5 Å². The van der Waals surface area contributed by atoms with Gasteiger partial charge in [0, 0.05) is 13.5 Å². The van der Waals surface area contributed by atoms with Crippen LogP contribution < -0.4 is 0 Å². The lowest BCUT2D eigenvalue weighted by Crippen LogP contribution is -1.95. The molecule has 1 aromatic carbocycles. The van der Waals surface area contributed by atoms with Gasteiger partial charge in [-0.15, -0.1) is 0 Å². The van der Waals surface area contributed by atoms with Crippen molar-refractivity contribution in [3.63, 3.8) is 0 Å². The van der Waals surface area contributed by atoms with E-state index in [2.05, 4.69) is 4.98 Å². The predicted molar refractivity (Wildman–Crippen MR) is 69.1 cm³/mol. The van der Waals surface area contributed by atoms with E-state index in [9.17, 15) is 10.1 Å². The van der Waals surface area contributed by atoms with Gasteiger partial charge >= 0.3 is 5.82 Å². The summed E-state index contributed by atoms with van der Waals surface area (Å²) in [5.74, 6) is 0.528. The summed E-state index contributed by atoms with van der Waals surface area (Å²) in [4.78, 5) is 14.0. The van der Waals surface area contributed by atoms with Crippen molar-refractivity contribution in [3.05, 3.63) is 64.1 Å². The SMILES string of the molecule is Cc1nc([N+](=O)[O-])cn1C/C=C/c1ccccc1. The van der Waals surface area contributed by atoms with Gasteiger partial charge in [-0.2, -0.15) is 0 Å². The number of rotatable bonds is 4. The molecule has 5 heteroatoms. The molecule has 2 rings (SSSR count). The van der Waals surface area contributed by atoms with Crippen molar-refractivity contribution in [1.82, 2.24) is 9.55 Å². The molecule has 2 aromatic rings. The molecule has 18 heavy (non-hydrogen) atoms. The quantitative estimate of drug-likeness (QED) is 0.612. The Bertz CT molecular complexity index is 573. The van der Waals surface area contributed by atoms with Crippen molar-refractivity contribution in [2.24, 2.45) is 0 Å². The zero-order valence-electron chi connectivity index (χ0n) is 9.98. The maximum atomic E-state index is 10.6. The molecule has 0 aliphatic heterocycles. The number of benzene rings is 1. The van der Waals surface area contributed by atoms with Gasteiger partial charge in [-0.1, -0.05) is 42.5 Å². The van der Waals surface area contributed by atoms with Crippen molar-refractivity contribution >= 4 is 11.9 Å². The molecule has 0 atom stereocenters. The Morgan fingerprint density at radius 2 is 2.11 bits per heavy atom. The Morgan fingerprint density at radius 1 is 1.39 bits per heavy atom. The molecule has 0 saturated carbocycles. The normalized spacial score (nSPS) is 10.9. The number of hydrogen-bond donors (Lipinski definition) is 0. The van der Waals surface area contributed by atoms with E-state index < -0.39 is 4.92 Å². The minimum Gasteiger partial charge on any atom is -0.358 e. The average molecular weight is 243 g/mol. The van der Waals surface area contributed by atoms with E-state index in [4.69, 9.17) is 0 Å². The second-order valence-electron chi connectivity index (χ2n) is 3.87. The zero-order chi connectivity index (χ0) is 13.0. The Kier molecular flexibility index (Phi) is 3.52. The van der Waals surface area contributed by atoms with Crippen LogP contribution >= 0.6 is 0 Å². The van der Waals surface area contributed by atoms with Crippen LogP contribution in [0.5, 0.6) is 0 Å². The molecule has 1 heterocycles. The van der Waals surface area contributed by atoms with Crippen molar-refractivity contribution in [2.45, 2.75) is 13.5 Å². The summed E-state index contributed by atoms with van der Waals surface area (Å²) in [6.45, 7) is 2.32. The molecule has 5 nitrogen and oxygen atoms in total. The lowest BCUT2D eigenvalue weighted by molar-refractivity contribution is -0.389. The van der Waals surface area contributed by atoms with Gasteiger partial charge in [0.2, 0.25) is 5.82 Å². The number of aromatic nitrogens is 2. The first-order valence-corrected chi connectivity index (χ1v) is 5.56. The molecule has 92 valence electrons. The molecular weight excluding hydrogens is 230 g/mol. The van der Waals surface area contributed by atoms with E-state index in [-0.39, 0.29) is 5.82 Å². The van der Waals surface area contributed by atoms with E-state index >= 15 is 0 Å². The van der Waals surface area contributed by atoms with E-state index in [0.717, 1.165) is 5.56 Å². The minimum absolute atomic E-state index is 0.111. The molecule has 0 N–H and O–H groups in total. The number of aryl methyl sites for hydroxylation is 1. The van der Waals surface area contributed by atoms with Crippen molar-refractivity contribution in [1.29, 1.82) is 0 Å². The topological polar surface area (TPSA) is 61.0 Å². The minimum atomic E-state index is -0.482. The highest BCUT2D eigenvalue weighted by Gasteiger charge is 2.13. The maximum Gasteiger partial charge on any atom is 0.381 e. The third-order valence-corrected chi connectivity index (χ3v) is 2.56. The average Bonchev–Trinajstić information content (AvgIpc) is 2.73. The zero-order valence-corrected chi connectivity index (χ0v) is 9.98. The Morgan fingerprint density at radius 3 is 2.72 bits per heavy atom. The van der Waals surface area contributed by atoms with Crippen LogP contribution in [0.25, 0.3) is 6.08 Å². The summed E-state index contributed by atoms with van der Waals surface area (Å²) in [7, 11) is 0. The van der Waals surface area contributed by atoms with Crippen LogP contribution in [0, 0.1) is 17.0 Å². The highest BCUT2D eigenvalue weighted by atomic mass is 16.6. The fourth-order valence-electron chi connectivity index (χ4n) is 1.63. The molecule has 1 aromatic heterocycles. The lowest BCUT2D eigenvalue weighted by Gasteiger charge is -1.96. The van der Waals surface area contributed by atoms with Crippen molar-refractivity contribution < 1.29 is 4.92 Å². The van der Waals surface area contributed by atoms with Crippen molar-refractivity contribution in [2.75, 3.05) is 0 Å². The largest absolute Gasteiger partial charge is 0.381 e. The second kappa shape index (κ2) is 5.27. The third-order valence-electron chi connectivity index (χ3n) is 2.56. The first-order valence-electron chi connectivity index (χ1n) is 5.56. The van der Waals surface area contributed by atoms with Crippen LogP contribution in [0.4, 0.5) is 5.82 Å². The van der Waals surface area contributed by atoms with Gasteiger partial charge in [-0.05, 0) is 15.5 Å². The Hall–Kier alpha value is -2.43. The van der Waals surface area contributed by atoms with Gasteiger partial charge in [-0.3, -0.25) is 0 Å². The van der Waals surface area contributed by atoms with Crippen LogP contribution in [0.2, 0.25) is 0 Å². The molecule has 0 spiro atoms. The summed E-state index contributed by atoms with van der Waals surface area (Å²) >= 11 is 0. The summed E-state index contributed by atoms with van der Waals surface area (Å²) < 4.78 is 1.75.